The van der Waals surface area contributed by atoms with E-state index in [1.54, 1.807) is 6.07 Å². The molecule has 2 rings (SSSR count). The zero-order chi connectivity index (χ0) is 14.7. The van der Waals surface area contributed by atoms with E-state index in [0.29, 0.717) is 10.0 Å². The van der Waals surface area contributed by atoms with Gasteiger partial charge in [-0.3, -0.25) is 4.68 Å². The number of nitrogens with zero attached hydrogens (tertiary/aromatic N) is 2. The Kier molecular flexibility index (Phi) is 5.08. The van der Waals surface area contributed by atoms with Crippen molar-refractivity contribution in [2.24, 2.45) is 7.05 Å². The Hall–Kier alpha value is -1.03. The summed E-state index contributed by atoms with van der Waals surface area (Å²) in [5.41, 5.74) is 3.34. The number of benzene rings is 1. The lowest BCUT2D eigenvalue weighted by molar-refractivity contribution is 0.547. The van der Waals surface area contributed by atoms with Crippen LogP contribution in [0.4, 0.5) is 0 Å². The summed E-state index contributed by atoms with van der Waals surface area (Å²) in [5.74, 6) is 0. The highest BCUT2D eigenvalue weighted by Gasteiger charge is 2.17. The van der Waals surface area contributed by atoms with Gasteiger partial charge in [-0.05, 0) is 37.6 Å². The molecule has 2 aromatic rings. The highest BCUT2D eigenvalue weighted by molar-refractivity contribution is 6.35. The Bertz CT molecular complexity index is 593. The van der Waals surface area contributed by atoms with Crippen molar-refractivity contribution >= 4 is 23.2 Å². The van der Waals surface area contributed by atoms with Crippen LogP contribution < -0.4 is 5.32 Å². The Morgan fingerprint density at radius 1 is 1.35 bits per heavy atom. The van der Waals surface area contributed by atoms with Crippen LogP contribution >= 0.6 is 23.2 Å². The van der Waals surface area contributed by atoms with Gasteiger partial charge < -0.3 is 5.32 Å². The number of hydrogen-bond donors (Lipinski definition) is 1. The zero-order valence-corrected chi connectivity index (χ0v) is 13.5. The van der Waals surface area contributed by atoms with E-state index in [4.69, 9.17) is 23.2 Å². The van der Waals surface area contributed by atoms with Gasteiger partial charge in [0.05, 0.1) is 5.69 Å². The summed E-state index contributed by atoms with van der Waals surface area (Å²) in [6.07, 6.45) is 2.88. The van der Waals surface area contributed by atoms with E-state index in [1.165, 1.54) is 5.56 Å². The molecule has 0 amide bonds. The average Bonchev–Trinajstić information content (AvgIpc) is 2.71. The minimum Gasteiger partial charge on any atom is -0.310 e. The summed E-state index contributed by atoms with van der Waals surface area (Å²) in [7, 11) is 1.94. The molecule has 0 saturated heterocycles. The van der Waals surface area contributed by atoms with Gasteiger partial charge in [0, 0.05) is 34.9 Å². The van der Waals surface area contributed by atoms with Gasteiger partial charge >= 0.3 is 0 Å². The molecular weight excluding hydrogens is 293 g/mol. The predicted molar refractivity (Wildman–Crippen MR) is 84.5 cm³/mol. The molecule has 0 bridgehead atoms. The Balaban J connectivity index is 2.27. The number of halogens is 2. The lowest BCUT2D eigenvalue weighted by Gasteiger charge is -2.18. The van der Waals surface area contributed by atoms with E-state index in [1.807, 2.05) is 30.8 Å². The number of likely N-dealkylation sites (N-methyl/N-ethyl adjacent to an activating group) is 1. The van der Waals surface area contributed by atoms with Crippen molar-refractivity contribution in [1.82, 2.24) is 15.1 Å². The second-order valence-corrected chi connectivity index (χ2v) is 5.74. The van der Waals surface area contributed by atoms with Crippen molar-refractivity contribution in [3.63, 3.8) is 0 Å². The molecule has 0 radical (unpaired) electrons. The fourth-order valence-electron chi connectivity index (χ4n) is 2.41. The third-order valence-corrected chi connectivity index (χ3v) is 3.90. The van der Waals surface area contributed by atoms with Crippen LogP contribution in [-0.4, -0.2) is 16.3 Å². The summed E-state index contributed by atoms with van der Waals surface area (Å²) in [4.78, 5) is 0. The molecule has 0 aliphatic rings. The SMILES string of the molecule is CCNC(Cc1ccc(Cl)cc1Cl)c1cn(C)nc1C. The monoisotopic (exact) mass is 311 g/mol. The van der Waals surface area contributed by atoms with Crippen molar-refractivity contribution in [3.8, 4) is 0 Å². The first kappa shape index (κ1) is 15.4. The summed E-state index contributed by atoms with van der Waals surface area (Å²) in [6, 6.07) is 5.85. The van der Waals surface area contributed by atoms with Gasteiger partial charge in [-0.25, -0.2) is 0 Å². The van der Waals surface area contributed by atoms with Gasteiger partial charge in [-0.1, -0.05) is 36.2 Å². The topological polar surface area (TPSA) is 29.9 Å². The third kappa shape index (κ3) is 3.54. The van der Waals surface area contributed by atoms with E-state index >= 15 is 0 Å². The molecule has 0 saturated carbocycles. The highest BCUT2D eigenvalue weighted by Crippen LogP contribution is 2.27. The van der Waals surface area contributed by atoms with Crippen LogP contribution in [0.1, 0.15) is 29.8 Å². The standard InChI is InChI=1S/C15H19Cl2N3/c1-4-18-15(13-9-20(3)19-10(13)2)7-11-5-6-12(16)8-14(11)17/h5-6,8-9,15,18H,4,7H2,1-3H3. The van der Waals surface area contributed by atoms with Crippen LogP contribution in [-0.2, 0) is 13.5 Å². The molecule has 108 valence electrons. The number of aryl methyl sites for hydroxylation is 2. The smallest absolute Gasteiger partial charge is 0.0641 e. The number of nitrogens with one attached hydrogen (secondary N) is 1. The van der Waals surface area contributed by atoms with Crippen LogP contribution in [0.5, 0.6) is 0 Å². The molecule has 0 fully saturated rings. The summed E-state index contributed by atoms with van der Waals surface area (Å²) in [5, 5.41) is 9.29. The van der Waals surface area contributed by atoms with Crippen LogP contribution in [0.25, 0.3) is 0 Å². The number of hydrogen-bond acceptors (Lipinski definition) is 2. The molecule has 1 N–H and O–H groups in total. The Morgan fingerprint density at radius 3 is 2.65 bits per heavy atom. The molecule has 1 atom stereocenters. The van der Waals surface area contributed by atoms with Gasteiger partial charge in [0.2, 0.25) is 0 Å². The summed E-state index contributed by atoms with van der Waals surface area (Å²) in [6.45, 7) is 5.02. The van der Waals surface area contributed by atoms with Gasteiger partial charge in [0.1, 0.15) is 0 Å². The van der Waals surface area contributed by atoms with E-state index in [2.05, 4.69) is 23.5 Å². The minimum absolute atomic E-state index is 0.201. The fraction of sp³-hybridized carbons (Fsp3) is 0.400. The maximum atomic E-state index is 6.27. The Morgan fingerprint density at radius 2 is 2.10 bits per heavy atom. The normalized spacial score (nSPS) is 12.7. The van der Waals surface area contributed by atoms with Gasteiger partial charge in [-0.2, -0.15) is 5.10 Å². The number of rotatable bonds is 5. The van der Waals surface area contributed by atoms with Crippen molar-refractivity contribution in [1.29, 1.82) is 0 Å². The molecule has 3 nitrogen and oxygen atoms in total. The van der Waals surface area contributed by atoms with Crippen molar-refractivity contribution < 1.29 is 0 Å². The van der Waals surface area contributed by atoms with Crippen LogP contribution in [0, 0.1) is 6.92 Å². The van der Waals surface area contributed by atoms with Crippen LogP contribution in [0.3, 0.4) is 0 Å². The van der Waals surface area contributed by atoms with Crippen molar-refractivity contribution in [3.05, 3.63) is 51.3 Å². The maximum absolute atomic E-state index is 6.27. The number of aromatic nitrogens is 2. The van der Waals surface area contributed by atoms with Gasteiger partial charge in [0.25, 0.3) is 0 Å². The molecule has 5 heteroatoms. The quantitative estimate of drug-likeness (QED) is 0.906. The Labute approximate surface area is 129 Å². The third-order valence-electron chi connectivity index (χ3n) is 3.32. The first-order chi connectivity index (χ1) is 9.51. The molecule has 1 heterocycles. The molecule has 1 aromatic heterocycles. The zero-order valence-electron chi connectivity index (χ0n) is 12.0. The predicted octanol–water partition coefficient (Wildman–Crippen LogP) is 3.93. The van der Waals surface area contributed by atoms with E-state index in [9.17, 15) is 0 Å². The highest BCUT2D eigenvalue weighted by atomic mass is 35.5. The molecular formula is C15H19Cl2N3. The molecule has 1 aromatic carbocycles. The maximum Gasteiger partial charge on any atom is 0.0641 e. The van der Waals surface area contributed by atoms with Crippen LogP contribution in [0.15, 0.2) is 24.4 Å². The average molecular weight is 312 g/mol. The van der Waals surface area contributed by atoms with Crippen molar-refractivity contribution in [2.45, 2.75) is 26.3 Å². The second kappa shape index (κ2) is 6.61. The lowest BCUT2D eigenvalue weighted by Crippen LogP contribution is -2.23. The van der Waals surface area contributed by atoms with Crippen LogP contribution in [0.2, 0.25) is 10.0 Å². The second-order valence-electron chi connectivity index (χ2n) is 4.89. The molecule has 0 spiro atoms. The van der Waals surface area contributed by atoms with E-state index in [0.717, 1.165) is 24.2 Å². The van der Waals surface area contributed by atoms with E-state index in [-0.39, 0.29) is 6.04 Å². The molecule has 20 heavy (non-hydrogen) atoms. The summed E-state index contributed by atoms with van der Waals surface area (Å²) >= 11 is 12.2. The largest absolute Gasteiger partial charge is 0.310 e. The fourth-order valence-corrected chi connectivity index (χ4v) is 2.89. The van der Waals surface area contributed by atoms with Gasteiger partial charge in [0.15, 0.2) is 0 Å². The first-order valence-electron chi connectivity index (χ1n) is 6.68. The van der Waals surface area contributed by atoms with Gasteiger partial charge in [-0.15, -0.1) is 0 Å². The minimum atomic E-state index is 0.201. The molecule has 1 unspecified atom stereocenters. The summed E-state index contributed by atoms with van der Waals surface area (Å²) < 4.78 is 1.85. The lowest BCUT2D eigenvalue weighted by atomic mass is 9.99. The molecule has 0 aliphatic heterocycles. The van der Waals surface area contributed by atoms with E-state index < -0.39 is 0 Å². The first-order valence-corrected chi connectivity index (χ1v) is 7.44. The van der Waals surface area contributed by atoms with Crippen molar-refractivity contribution in [2.75, 3.05) is 6.54 Å². The molecule has 0 aliphatic carbocycles.